The number of piperidine rings is 1. The van der Waals surface area contributed by atoms with E-state index in [2.05, 4.69) is 12.2 Å². The van der Waals surface area contributed by atoms with E-state index in [1.54, 1.807) is 0 Å². The smallest absolute Gasteiger partial charge is 0.279 e. The van der Waals surface area contributed by atoms with E-state index in [9.17, 15) is 14.9 Å². The summed E-state index contributed by atoms with van der Waals surface area (Å²) in [5.74, 6) is 0.994. The second-order valence-electron chi connectivity index (χ2n) is 5.80. The number of rotatable bonds is 5. The lowest BCUT2D eigenvalue weighted by Gasteiger charge is -2.26. The number of hydrogen-bond donors (Lipinski definition) is 2. The molecule has 7 heteroatoms. The van der Waals surface area contributed by atoms with Crippen LogP contribution in [0.2, 0.25) is 0 Å². The van der Waals surface area contributed by atoms with E-state index in [1.807, 2.05) is 0 Å². The summed E-state index contributed by atoms with van der Waals surface area (Å²) in [7, 11) is 1.47. The van der Waals surface area contributed by atoms with Crippen LogP contribution >= 0.6 is 0 Å². The standard InChI is InChI=1S/C15H21N3O4/c1-11-5-7-17(8-6-11)10-15(19)16-13-9-12(18(20)21)3-4-14(13)22-2/h3-4,9,11H,5-8,10H2,1-2H3,(H,16,19)/p+1. The molecule has 1 aromatic carbocycles. The fraction of sp³-hybridized carbons (Fsp3) is 0.533. The number of nitro groups is 1. The first-order chi connectivity index (χ1) is 10.5. The molecule has 1 aliphatic rings. The topological polar surface area (TPSA) is 85.9 Å². The van der Waals surface area contributed by atoms with Gasteiger partial charge in [0.25, 0.3) is 11.6 Å². The van der Waals surface area contributed by atoms with Crippen molar-refractivity contribution in [3.05, 3.63) is 28.3 Å². The van der Waals surface area contributed by atoms with Crippen molar-refractivity contribution < 1.29 is 19.4 Å². The van der Waals surface area contributed by atoms with Crippen molar-refractivity contribution in [2.24, 2.45) is 5.92 Å². The third-order valence-corrected chi connectivity index (χ3v) is 4.06. The number of nitrogens with zero attached hydrogens (tertiary/aromatic N) is 1. The fourth-order valence-electron chi connectivity index (χ4n) is 2.68. The molecule has 1 aromatic rings. The van der Waals surface area contributed by atoms with Gasteiger partial charge in [-0.1, -0.05) is 6.92 Å². The van der Waals surface area contributed by atoms with Gasteiger partial charge < -0.3 is 15.0 Å². The van der Waals surface area contributed by atoms with E-state index in [0.29, 0.717) is 18.0 Å². The van der Waals surface area contributed by atoms with Crippen LogP contribution in [0.1, 0.15) is 19.8 Å². The van der Waals surface area contributed by atoms with Gasteiger partial charge in [0.1, 0.15) is 5.75 Å². The van der Waals surface area contributed by atoms with E-state index < -0.39 is 4.92 Å². The van der Waals surface area contributed by atoms with Crippen LogP contribution in [0.5, 0.6) is 5.75 Å². The molecule has 2 N–H and O–H groups in total. The number of amides is 1. The Morgan fingerprint density at radius 1 is 1.45 bits per heavy atom. The highest BCUT2D eigenvalue weighted by Crippen LogP contribution is 2.28. The highest BCUT2D eigenvalue weighted by atomic mass is 16.6. The van der Waals surface area contributed by atoms with Crippen molar-refractivity contribution in [1.82, 2.24) is 0 Å². The normalized spacial score (nSPS) is 21.2. The van der Waals surface area contributed by atoms with Gasteiger partial charge in [-0.15, -0.1) is 0 Å². The number of likely N-dealkylation sites (tertiary alicyclic amines) is 1. The van der Waals surface area contributed by atoms with Crippen molar-refractivity contribution in [2.75, 3.05) is 32.1 Å². The first-order valence-electron chi connectivity index (χ1n) is 7.45. The van der Waals surface area contributed by atoms with Crippen LogP contribution in [0.15, 0.2) is 18.2 Å². The van der Waals surface area contributed by atoms with E-state index in [1.165, 1.54) is 30.2 Å². The summed E-state index contributed by atoms with van der Waals surface area (Å²) in [6.45, 7) is 4.57. The molecule has 22 heavy (non-hydrogen) atoms. The number of non-ortho nitro benzene ring substituents is 1. The number of carbonyl (C=O) groups is 1. The molecule has 120 valence electrons. The highest BCUT2D eigenvalue weighted by molar-refractivity contribution is 5.93. The molecule has 0 radical (unpaired) electrons. The largest absolute Gasteiger partial charge is 0.495 e. The SMILES string of the molecule is COc1ccc([N+](=O)[O-])cc1NC(=O)C[NH+]1CCC(C)CC1. The minimum Gasteiger partial charge on any atom is -0.495 e. The molecular weight excluding hydrogens is 286 g/mol. The summed E-state index contributed by atoms with van der Waals surface area (Å²) in [6, 6.07) is 4.17. The van der Waals surface area contributed by atoms with Crippen LogP contribution in [0.25, 0.3) is 0 Å². The first kappa shape index (κ1) is 16.2. The molecule has 0 aliphatic carbocycles. The molecule has 1 amide bonds. The van der Waals surface area contributed by atoms with Crippen LogP contribution in [0, 0.1) is 16.0 Å². The second-order valence-corrected chi connectivity index (χ2v) is 5.80. The van der Waals surface area contributed by atoms with Crippen molar-refractivity contribution in [2.45, 2.75) is 19.8 Å². The number of carbonyl (C=O) groups excluding carboxylic acids is 1. The first-order valence-corrected chi connectivity index (χ1v) is 7.45. The van der Waals surface area contributed by atoms with Crippen LogP contribution in [-0.4, -0.2) is 37.6 Å². The maximum atomic E-state index is 12.2. The number of quaternary nitrogens is 1. The molecule has 1 fully saturated rings. The molecule has 0 spiro atoms. The van der Waals surface area contributed by atoms with Crippen molar-refractivity contribution in [1.29, 1.82) is 0 Å². The average molecular weight is 308 g/mol. The van der Waals surface area contributed by atoms with Gasteiger partial charge in [0, 0.05) is 12.1 Å². The molecular formula is C15H22N3O4+. The van der Waals surface area contributed by atoms with Gasteiger partial charge in [0.2, 0.25) is 0 Å². The predicted octanol–water partition coefficient (Wildman–Crippen LogP) is 0.857. The summed E-state index contributed by atoms with van der Waals surface area (Å²) in [6.07, 6.45) is 2.26. The van der Waals surface area contributed by atoms with Gasteiger partial charge in [-0.2, -0.15) is 0 Å². The Balaban J connectivity index is 2.01. The Kier molecular flexibility index (Phi) is 5.32. The number of nitro benzene ring substituents is 1. The summed E-state index contributed by atoms with van der Waals surface area (Å²) >= 11 is 0. The van der Waals surface area contributed by atoms with Gasteiger partial charge in [0.15, 0.2) is 6.54 Å². The third-order valence-electron chi connectivity index (χ3n) is 4.06. The Hall–Kier alpha value is -2.15. The quantitative estimate of drug-likeness (QED) is 0.624. The van der Waals surface area contributed by atoms with E-state index in [4.69, 9.17) is 4.74 Å². The Bertz CT molecular complexity index is 554. The van der Waals surface area contributed by atoms with Crippen LogP contribution in [0.3, 0.4) is 0 Å². The lowest BCUT2D eigenvalue weighted by Crippen LogP contribution is -3.14. The second kappa shape index (κ2) is 7.22. The van der Waals surface area contributed by atoms with Crippen molar-refractivity contribution in [3.63, 3.8) is 0 Å². The number of anilines is 1. The van der Waals surface area contributed by atoms with E-state index in [-0.39, 0.29) is 11.6 Å². The van der Waals surface area contributed by atoms with Crippen molar-refractivity contribution >= 4 is 17.3 Å². The maximum absolute atomic E-state index is 12.2. The molecule has 1 heterocycles. The minimum absolute atomic E-state index is 0.0738. The zero-order valence-corrected chi connectivity index (χ0v) is 12.9. The predicted molar refractivity (Wildman–Crippen MR) is 82.2 cm³/mol. The molecule has 0 aromatic heterocycles. The van der Waals surface area contributed by atoms with Gasteiger partial charge >= 0.3 is 0 Å². The average Bonchev–Trinajstić information content (AvgIpc) is 2.49. The number of benzene rings is 1. The summed E-state index contributed by atoms with van der Waals surface area (Å²) in [5.41, 5.74) is 0.265. The number of nitrogens with one attached hydrogen (secondary N) is 2. The summed E-state index contributed by atoms with van der Waals surface area (Å²) in [5, 5.41) is 13.6. The molecule has 7 nitrogen and oxygen atoms in total. The van der Waals surface area contributed by atoms with E-state index >= 15 is 0 Å². The minimum atomic E-state index is -0.494. The van der Waals surface area contributed by atoms with Crippen LogP contribution < -0.4 is 15.0 Å². The third kappa shape index (κ3) is 4.17. The Labute approximate surface area is 129 Å². The fourth-order valence-corrected chi connectivity index (χ4v) is 2.68. The molecule has 0 bridgehead atoms. The molecule has 2 rings (SSSR count). The molecule has 0 saturated carbocycles. The number of methoxy groups -OCH3 is 1. The zero-order valence-electron chi connectivity index (χ0n) is 12.9. The van der Waals surface area contributed by atoms with E-state index in [0.717, 1.165) is 31.8 Å². The van der Waals surface area contributed by atoms with Gasteiger partial charge in [-0.3, -0.25) is 14.9 Å². The molecule has 1 saturated heterocycles. The Morgan fingerprint density at radius 3 is 2.73 bits per heavy atom. The van der Waals surface area contributed by atoms with Crippen molar-refractivity contribution in [3.8, 4) is 5.75 Å². The number of ether oxygens (including phenoxy) is 1. The number of hydrogen-bond acceptors (Lipinski definition) is 4. The highest BCUT2D eigenvalue weighted by Gasteiger charge is 2.22. The molecule has 0 unspecified atom stereocenters. The lowest BCUT2D eigenvalue weighted by atomic mass is 9.99. The maximum Gasteiger partial charge on any atom is 0.279 e. The summed E-state index contributed by atoms with van der Waals surface area (Å²) in [4.78, 5) is 23.7. The lowest BCUT2D eigenvalue weighted by molar-refractivity contribution is -0.897. The zero-order chi connectivity index (χ0) is 16.1. The van der Waals surface area contributed by atoms with Gasteiger partial charge in [-0.25, -0.2) is 0 Å². The van der Waals surface area contributed by atoms with Crippen LogP contribution in [-0.2, 0) is 4.79 Å². The monoisotopic (exact) mass is 308 g/mol. The Morgan fingerprint density at radius 2 is 2.14 bits per heavy atom. The summed E-state index contributed by atoms with van der Waals surface area (Å²) < 4.78 is 5.14. The van der Waals surface area contributed by atoms with Gasteiger partial charge in [-0.05, 0) is 24.8 Å². The molecule has 1 aliphatic heterocycles. The van der Waals surface area contributed by atoms with Gasteiger partial charge in [0.05, 0.1) is 30.8 Å². The molecule has 0 atom stereocenters. The van der Waals surface area contributed by atoms with Crippen LogP contribution in [0.4, 0.5) is 11.4 Å².